The zero-order valence-electron chi connectivity index (χ0n) is 28.0. The fourth-order valence-electron chi connectivity index (χ4n) is 7.50. The Morgan fingerprint density at radius 3 is 0.840 bits per heavy atom. The fourth-order valence-corrected chi connectivity index (χ4v) is 13.4. The largest absolute Gasteiger partial charge is 0.309 e. The highest BCUT2D eigenvalue weighted by atomic mass is 31.2. The van der Waals surface area contributed by atoms with E-state index in [1.165, 1.54) is 0 Å². The molecule has 0 bridgehead atoms. The molecule has 2 nitrogen and oxygen atoms in total. The van der Waals surface area contributed by atoms with Gasteiger partial charge in [0, 0.05) is 43.0 Å². The Balaban J connectivity index is 1.63. The highest BCUT2D eigenvalue weighted by Gasteiger charge is 2.38. The van der Waals surface area contributed by atoms with Gasteiger partial charge >= 0.3 is 0 Å². The van der Waals surface area contributed by atoms with Crippen LogP contribution >= 0.6 is 14.3 Å². The number of hydrogen-bond donors (Lipinski definition) is 0. The molecule has 0 aliphatic heterocycles. The molecule has 0 amide bonds. The number of benzene rings is 8. The maximum absolute atomic E-state index is 16.4. The Morgan fingerprint density at radius 2 is 0.560 bits per heavy atom. The molecule has 0 unspecified atom stereocenters. The van der Waals surface area contributed by atoms with Gasteiger partial charge in [0.2, 0.25) is 0 Å². The van der Waals surface area contributed by atoms with E-state index < -0.39 is 14.3 Å². The van der Waals surface area contributed by atoms with E-state index in [2.05, 4.69) is 74.5 Å². The van der Waals surface area contributed by atoms with Crippen molar-refractivity contribution >= 4 is 67.7 Å². The van der Waals surface area contributed by atoms with Crippen LogP contribution < -0.4 is 31.8 Å². The zero-order chi connectivity index (χ0) is 34.3. The van der Waals surface area contributed by atoms with Crippen LogP contribution in [0.5, 0.6) is 0 Å². The first-order chi connectivity index (χ1) is 24.4. The molecule has 8 rings (SSSR count). The third-order valence-corrected chi connectivity index (χ3v) is 16.0. The predicted molar refractivity (Wildman–Crippen MR) is 215 cm³/mol. The van der Waals surface area contributed by atoms with Crippen LogP contribution in [-0.2, 0) is 9.13 Å². The van der Waals surface area contributed by atoms with Crippen molar-refractivity contribution in [2.24, 2.45) is 0 Å². The van der Waals surface area contributed by atoms with E-state index in [9.17, 15) is 0 Å². The van der Waals surface area contributed by atoms with E-state index in [-0.39, 0.29) is 0 Å². The molecule has 0 fully saturated rings. The van der Waals surface area contributed by atoms with E-state index in [0.717, 1.165) is 75.6 Å². The molecular formula is C46H36O2P2. The predicted octanol–water partition coefficient (Wildman–Crippen LogP) is 9.56. The number of fused-ring (bicyclic) bond motifs is 2. The summed E-state index contributed by atoms with van der Waals surface area (Å²) in [6, 6.07) is 60.4. The van der Waals surface area contributed by atoms with Crippen molar-refractivity contribution in [3.8, 4) is 11.1 Å². The van der Waals surface area contributed by atoms with Crippen LogP contribution in [0.1, 0.15) is 11.1 Å². The molecule has 8 aromatic carbocycles. The number of hydrogen-bond acceptors (Lipinski definition) is 2. The summed E-state index contributed by atoms with van der Waals surface area (Å²) in [6.45, 7) is 4.20. The quantitative estimate of drug-likeness (QED) is 0.157. The van der Waals surface area contributed by atoms with Crippen LogP contribution in [0.25, 0.3) is 32.7 Å². The van der Waals surface area contributed by atoms with Crippen LogP contribution in [0.3, 0.4) is 0 Å². The SMILES string of the molecule is Cc1cc(P(=O)(c2ccccc2)c2ccccc2)c(-c2c(P(=O)(c3ccccc3)c3ccccc3)cc(C)c3ccccc23)c2ccccc12. The van der Waals surface area contributed by atoms with Crippen molar-refractivity contribution in [3.63, 3.8) is 0 Å². The van der Waals surface area contributed by atoms with E-state index in [1.54, 1.807) is 0 Å². The summed E-state index contributed by atoms with van der Waals surface area (Å²) in [5.41, 5.74) is 3.80. The van der Waals surface area contributed by atoms with Crippen molar-refractivity contribution in [3.05, 3.63) is 193 Å². The van der Waals surface area contributed by atoms with E-state index >= 15 is 9.13 Å². The highest BCUT2D eigenvalue weighted by Crippen LogP contribution is 2.52. The molecule has 4 heteroatoms. The van der Waals surface area contributed by atoms with Crippen LogP contribution in [0.2, 0.25) is 0 Å². The summed E-state index contributed by atoms with van der Waals surface area (Å²) in [5.74, 6) is 0. The molecule has 0 aliphatic rings. The average molecular weight is 683 g/mol. The van der Waals surface area contributed by atoms with Gasteiger partial charge in [-0.1, -0.05) is 170 Å². The molecule has 0 heterocycles. The van der Waals surface area contributed by atoms with Gasteiger partial charge in [-0.05, 0) is 58.7 Å². The normalized spacial score (nSPS) is 12.0. The van der Waals surface area contributed by atoms with Gasteiger partial charge in [0.25, 0.3) is 0 Å². The van der Waals surface area contributed by atoms with Gasteiger partial charge in [-0.2, -0.15) is 0 Å². The molecule has 0 aliphatic carbocycles. The van der Waals surface area contributed by atoms with Gasteiger partial charge in [0.15, 0.2) is 14.3 Å². The summed E-state index contributed by atoms with van der Waals surface area (Å²) in [6.07, 6.45) is 0. The minimum absolute atomic E-state index is 0.744. The summed E-state index contributed by atoms with van der Waals surface area (Å²) in [4.78, 5) is 0. The van der Waals surface area contributed by atoms with Gasteiger partial charge in [-0.3, -0.25) is 0 Å². The first-order valence-corrected chi connectivity index (χ1v) is 20.3. The Kier molecular flexibility index (Phi) is 8.24. The van der Waals surface area contributed by atoms with E-state index in [4.69, 9.17) is 0 Å². The van der Waals surface area contributed by atoms with Crippen LogP contribution in [0.4, 0.5) is 0 Å². The fraction of sp³-hybridized carbons (Fsp3) is 0.0435. The van der Waals surface area contributed by atoms with Crippen LogP contribution in [-0.4, -0.2) is 0 Å². The Morgan fingerprint density at radius 1 is 0.320 bits per heavy atom. The number of aryl methyl sites for hydroxylation is 2. The zero-order valence-corrected chi connectivity index (χ0v) is 29.8. The lowest BCUT2D eigenvalue weighted by Gasteiger charge is -2.29. The number of rotatable bonds is 7. The second kappa shape index (κ2) is 12.9. The first-order valence-electron chi connectivity index (χ1n) is 16.9. The third-order valence-electron chi connectivity index (χ3n) is 9.87. The standard InChI is InChI=1S/C46H36O2P2/c1-33-31-43(49(47,35-19-7-3-8-20-35)36-21-9-4-10-22-36)45(41-29-17-15-27-39(33)41)46-42-30-18-16-28-40(42)34(2)32-44(46)50(48,37-23-11-5-12-24-37)38-25-13-6-14-26-38/h3-32H,1-2H3. The smallest absolute Gasteiger partial charge is 0.171 e. The highest BCUT2D eigenvalue weighted by molar-refractivity contribution is 7.86. The average Bonchev–Trinajstić information content (AvgIpc) is 3.19. The minimum Gasteiger partial charge on any atom is -0.309 e. The van der Waals surface area contributed by atoms with Crippen molar-refractivity contribution in [2.75, 3.05) is 0 Å². The molecule has 0 saturated carbocycles. The van der Waals surface area contributed by atoms with Crippen LogP contribution in [0.15, 0.2) is 182 Å². The topological polar surface area (TPSA) is 34.1 Å². The van der Waals surface area contributed by atoms with Crippen molar-refractivity contribution in [2.45, 2.75) is 13.8 Å². The van der Waals surface area contributed by atoms with E-state index in [0.29, 0.717) is 0 Å². The summed E-state index contributed by atoms with van der Waals surface area (Å²) >= 11 is 0. The lowest BCUT2D eigenvalue weighted by Crippen LogP contribution is -2.30. The second-order valence-electron chi connectivity index (χ2n) is 12.8. The van der Waals surface area contributed by atoms with Gasteiger partial charge in [0.05, 0.1) is 0 Å². The molecule has 8 aromatic rings. The second-order valence-corrected chi connectivity index (χ2v) is 18.3. The lowest BCUT2D eigenvalue weighted by atomic mass is 9.90. The molecule has 0 atom stereocenters. The van der Waals surface area contributed by atoms with E-state index in [1.807, 2.05) is 121 Å². The Bertz CT molecular complexity index is 2330. The van der Waals surface area contributed by atoms with Gasteiger partial charge in [-0.15, -0.1) is 0 Å². The molecule has 0 saturated heterocycles. The van der Waals surface area contributed by atoms with Crippen LogP contribution in [0, 0.1) is 13.8 Å². The first kappa shape index (κ1) is 32.0. The van der Waals surface area contributed by atoms with Crippen molar-refractivity contribution < 1.29 is 9.13 Å². The maximum atomic E-state index is 16.4. The minimum atomic E-state index is -3.51. The van der Waals surface area contributed by atoms with Gasteiger partial charge in [0.1, 0.15) is 0 Å². The monoisotopic (exact) mass is 682 g/mol. The molecule has 0 aromatic heterocycles. The molecule has 0 spiro atoms. The van der Waals surface area contributed by atoms with Gasteiger partial charge < -0.3 is 9.13 Å². The maximum Gasteiger partial charge on any atom is 0.171 e. The Hall–Kier alpha value is -5.26. The van der Waals surface area contributed by atoms with Gasteiger partial charge in [-0.25, -0.2) is 0 Å². The molecule has 242 valence electrons. The summed E-state index contributed by atoms with van der Waals surface area (Å²) in [5, 5.41) is 8.64. The summed E-state index contributed by atoms with van der Waals surface area (Å²) < 4.78 is 32.9. The molecule has 0 N–H and O–H groups in total. The Labute approximate surface area is 293 Å². The van der Waals surface area contributed by atoms with Crippen molar-refractivity contribution in [1.29, 1.82) is 0 Å². The molecule has 0 radical (unpaired) electrons. The molecule has 50 heavy (non-hydrogen) atoms. The summed E-state index contributed by atoms with van der Waals surface area (Å²) in [7, 11) is -7.01. The third kappa shape index (κ3) is 5.11. The van der Waals surface area contributed by atoms with Crippen molar-refractivity contribution in [1.82, 2.24) is 0 Å². The molecular weight excluding hydrogens is 646 g/mol. The lowest BCUT2D eigenvalue weighted by molar-refractivity contribution is 0.591.